The van der Waals surface area contributed by atoms with Gasteiger partial charge >= 0.3 is 0 Å². The highest BCUT2D eigenvalue weighted by Crippen LogP contribution is 2.32. The second-order valence-corrected chi connectivity index (χ2v) is 5.04. The molecule has 1 saturated heterocycles. The van der Waals surface area contributed by atoms with Crippen molar-refractivity contribution in [2.75, 3.05) is 19.2 Å². The number of aliphatic hydroxyl groups is 3. The number of rotatable bonds is 4. The van der Waals surface area contributed by atoms with E-state index in [1.165, 1.54) is 18.0 Å². The van der Waals surface area contributed by atoms with Crippen LogP contribution in [0.3, 0.4) is 0 Å². The van der Waals surface area contributed by atoms with Crippen LogP contribution in [0.25, 0.3) is 11.2 Å². The number of fused-ring (bicyclic) bond motifs is 1. The molecule has 10 nitrogen and oxygen atoms in total. The first kappa shape index (κ1) is 15.3. The molecular formula is C11H14ClN5O5. The van der Waals surface area contributed by atoms with Crippen molar-refractivity contribution in [2.45, 2.75) is 24.5 Å². The molecule has 1 aliphatic heterocycles. The Kier molecular flexibility index (Phi) is 4.12. The predicted molar refractivity (Wildman–Crippen MR) is 74.0 cm³/mol. The molecule has 1 aliphatic rings. The largest absolute Gasteiger partial charge is 0.394 e. The van der Waals surface area contributed by atoms with E-state index < -0.39 is 31.1 Å². The maximum Gasteiger partial charge on any atom is 0.226 e. The highest BCUT2D eigenvalue weighted by atomic mass is 35.5. The first-order chi connectivity index (χ1) is 10.6. The second-order valence-electron chi connectivity index (χ2n) is 4.70. The fourth-order valence-electron chi connectivity index (χ4n) is 2.35. The van der Waals surface area contributed by atoms with Crippen molar-refractivity contribution in [1.82, 2.24) is 19.5 Å². The molecule has 4 atom stereocenters. The lowest BCUT2D eigenvalue weighted by molar-refractivity contribution is -0.0511. The van der Waals surface area contributed by atoms with Crippen molar-refractivity contribution in [3.63, 3.8) is 0 Å². The number of aromatic nitrogens is 4. The first-order valence-corrected chi connectivity index (χ1v) is 6.76. The van der Waals surface area contributed by atoms with Gasteiger partial charge in [0, 0.05) is 0 Å². The van der Waals surface area contributed by atoms with Gasteiger partial charge in [0.15, 0.2) is 23.2 Å². The van der Waals surface area contributed by atoms with E-state index in [1.54, 1.807) is 0 Å². The number of halogens is 1. The molecule has 0 unspecified atom stereocenters. The van der Waals surface area contributed by atoms with Gasteiger partial charge in [-0.1, -0.05) is 0 Å². The van der Waals surface area contributed by atoms with E-state index >= 15 is 0 Å². The van der Waals surface area contributed by atoms with Gasteiger partial charge in [0.25, 0.3) is 0 Å². The van der Waals surface area contributed by atoms with Crippen LogP contribution in [0.2, 0.25) is 5.28 Å². The normalized spacial score (nSPS) is 28.4. The Hall–Kier alpha value is -1.56. The smallest absolute Gasteiger partial charge is 0.226 e. The summed E-state index contributed by atoms with van der Waals surface area (Å²) in [5.74, 6) is 0.253. The molecule has 4 N–H and O–H groups in total. The van der Waals surface area contributed by atoms with Crippen LogP contribution in [0, 0.1) is 0 Å². The third-order valence-electron chi connectivity index (χ3n) is 3.38. The number of ether oxygens (including phenoxy) is 1. The van der Waals surface area contributed by atoms with E-state index in [1.807, 2.05) is 0 Å². The summed E-state index contributed by atoms with van der Waals surface area (Å²) in [5.41, 5.74) is 3.17. The molecule has 0 aliphatic carbocycles. The van der Waals surface area contributed by atoms with Crippen molar-refractivity contribution in [2.24, 2.45) is 0 Å². The van der Waals surface area contributed by atoms with E-state index in [4.69, 9.17) is 26.3 Å². The van der Waals surface area contributed by atoms with Gasteiger partial charge in [-0.05, 0) is 11.6 Å². The molecule has 2 aromatic heterocycles. The van der Waals surface area contributed by atoms with E-state index in [0.29, 0.717) is 5.52 Å². The Labute approximate surface area is 129 Å². The quantitative estimate of drug-likeness (QED) is 0.413. The van der Waals surface area contributed by atoms with Crippen molar-refractivity contribution in [3.8, 4) is 0 Å². The van der Waals surface area contributed by atoms with Crippen LogP contribution < -0.4 is 5.48 Å². The predicted octanol–water partition coefficient (Wildman–Crippen LogP) is -0.936. The van der Waals surface area contributed by atoms with Crippen molar-refractivity contribution >= 4 is 28.6 Å². The lowest BCUT2D eigenvalue weighted by atomic mass is 10.1. The number of imidazole rings is 1. The maximum atomic E-state index is 10.1. The standard InChI is InChI=1S/C11H14ClN5O5/c1-21-16-8-5-9(15-11(12)14-8)17(3-13-5)10-7(20)6(19)4(2-18)22-10/h3-4,6-7,10,18-20H,2H2,1H3,(H,14,15,16)/t4-,6-,7-,10-/m1/s1. The number of hydrogen-bond acceptors (Lipinski definition) is 9. The van der Waals surface area contributed by atoms with Gasteiger partial charge in [0.2, 0.25) is 5.28 Å². The van der Waals surface area contributed by atoms with E-state index in [2.05, 4.69) is 20.4 Å². The van der Waals surface area contributed by atoms with Gasteiger partial charge in [0.1, 0.15) is 18.3 Å². The second kappa shape index (κ2) is 5.91. The molecule has 1 fully saturated rings. The van der Waals surface area contributed by atoms with Crippen LogP contribution in [0.15, 0.2) is 6.33 Å². The topological polar surface area (TPSA) is 135 Å². The molecule has 120 valence electrons. The summed E-state index contributed by atoms with van der Waals surface area (Å²) < 4.78 is 6.86. The fourth-order valence-corrected chi connectivity index (χ4v) is 2.52. The lowest BCUT2D eigenvalue weighted by Gasteiger charge is -2.16. The van der Waals surface area contributed by atoms with Crippen LogP contribution >= 0.6 is 11.6 Å². The number of aliphatic hydroxyl groups excluding tert-OH is 3. The molecule has 0 spiro atoms. The SMILES string of the molecule is CONc1nc(Cl)nc2c1ncn2[C@@H]1O[C@H](CO)[C@@H](O)[C@H]1O. The van der Waals surface area contributed by atoms with Gasteiger partial charge in [-0.3, -0.25) is 9.40 Å². The summed E-state index contributed by atoms with van der Waals surface area (Å²) in [6.07, 6.45) is -2.95. The van der Waals surface area contributed by atoms with Crippen LogP contribution in [-0.4, -0.2) is 66.9 Å². The number of anilines is 1. The summed E-state index contributed by atoms with van der Waals surface area (Å²) in [6, 6.07) is 0. The lowest BCUT2D eigenvalue weighted by Crippen LogP contribution is -2.33. The molecule has 0 amide bonds. The van der Waals surface area contributed by atoms with Crippen molar-refractivity contribution < 1.29 is 24.9 Å². The summed E-state index contributed by atoms with van der Waals surface area (Å²) >= 11 is 5.86. The minimum atomic E-state index is -1.25. The van der Waals surface area contributed by atoms with Gasteiger partial charge < -0.3 is 20.1 Å². The minimum absolute atomic E-state index is 0.0551. The summed E-state index contributed by atoms with van der Waals surface area (Å²) in [5, 5.41) is 29.0. The Balaban J connectivity index is 2.05. The zero-order valence-electron chi connectivity index (χ0n) is 11.4. The third-order valence-corrected chi connectivity index (χ3v) is 3.55. The van der Waals surface area contributed by atoms with Crippen molar-refractivity contribution in [3.05, 3.63) is 11.6 Å². The summed E-state index contributed by atoms with van der Waals surface area (Å²) in [6.45, 7) is -0.423. The number of nitrogens with zero attached hydrogens (tertiary/aromatic N) is 4. The molecule has 0 radical (unpaired) electrons. The Bertz CT molecular complexity index is 682. The zero-order chi connectivity index (χ0) is 15.9. The Morgan fingerprint density at radius 3 is 2.82 bits per heavy atom. The average molecular weight is 332 g/mol. The van der Waals surface area contributed by atoms with Crippen LogP contribution in [-0.2, 0) is 9.57 Å². The van der Waals surface area contributed by atoms with Gasteiger partial charge in [-0.25, -0.2) is 10.5 Å². The number of nitrogens with one attached hydrogen (secondary N) is 1. The van der Waals surface area contributed by atoms with Gasteiger partial charge in [-0.15, -0.1) is 0 Å². The molecule has 2 aromatic rings. The third kappa shape index (κ3) is 2.39. The van der Waals surface area contributed by atoms with E-state index in [-0.39, 0.29) is 16.7 Å². The minimum Gasteiger partial charge on any atom is -0.394 e. The average Bonchev–Trinajstić information content (AvgIpc) is 3.02. The van der Waals surface area contributed by atoms with E-state index in [9.17, 15) is 10.2 Å². The highest BCUT2D eigenvalue weighted by Gasteiger charge is 2.44. The molecule has 3 heterocycles. The molecule has 0 saturated carbocycles. The fraction of sp³-hybridized carbons (Fsp3) is 0.545. The molecule has 0 aromatic carbocycles. The van der Waals surface area contributed by atoms with Crippen LogP contribution in [0.4, 0.5) is 5.82 Å². The van der Waals surface area contributed by atoms with Gasteiger partial charge in [-0.2, -0.15) is 9.97 Å². The molecule has 11 heteroatoms. The molecule has 22 heavy (non-hydrogen) atoms. The first-order valence-electron chi connectivity index (χ1n) is 6.38. The molecule has 0 bridgehead atoms. The Morgan fingerprint density at radius 1 is 1.41 bits per heavy atom. The van der Waals surface area contributed by atoms with Crippen LogP contribution in [0.1, 0.15) is 6.23 Å². The van der Waals surface area contributed by atoms with E-state index in [0.717, 1.165) is 0 Å². The summed E-state index contributed by atoms with van der Waals surface area (Å²) in [4.78, 5) is 16.9. The summed E-state index contributed by atoms with van der Waals surface area (Å²) in [7, 11) is 1.41. The van der Waals surface area contributed by atoms with Crippen molar-refractivity contribution in [1.29, 1.82) is 0 Å². The highest BCUT2D eigenvalue weighted by molar-refractivity contribution is 6.28. The van der Waals surface area contributed by atoms with Crippen LogP contribution in [0.5, 0.6) is 0 Å². The number of hydrogen-bond donors (Lipinski definition) is 4. The molecular weight excluding hydrogens is 318 g/mol. The van der Waals surface area contributed by atoms with Gasteiger partial charge in [0.05, 0.1) is 20.0 Å². The maximum absolute atomic E-state index is 10.1. The Morgan fingerprint density at radius 2 is 2.18 bits per heavy atom. The zero-order valence-corrected chi connectivity index (χ0v) is 12.2. The monoisotopic (exact) mass is 331 g/mol. The molecule has 3 rings (SSSR count).